The monoisotopic (exact) mass is 382 g/mol. The molecule has 1 aromatic carbocycles. The van der Waals surface area contributed by atoms with E-state index in [4.69, 9.17) is 4.74 Å². The Labute approximate surface area is 163 Å². The average Bonchev–Trinajstić information content (AvgIpc) is 3.29. The lowest BCUT2D eigenvalue weighted by Crippen LogP contribution is -2.32. The summed E-state index contributed by atoms with van der Waals surface area (Å²) in [7, 11) is 1.98. The lowest BCUT2D eigenvalue weighted by atomic mass is 10.1. The minimum absolute atomic E-state index is 0.0276. The SMILES string of the molecule is CCc1ncnc(OC2CCN(C(=O)Cc3cn(C)c4ccccc34)C2)c1F. The Morgan fingerprint density at radius 2 is 2.14 bits per heavy atom. The van der Waals surface area contributed by atoms with Crippen molar-refractivity contribution in [2.45, 2.75) is 32.3 Å². The number of rotatable bonds is 5. The molecule has 4 rings (SSSR count). The van der Waals surface area contributed by atoms with Crippen molar-refractivity contribution in [3.8, 4) is 5.88 Å². The molecule has 1 aliphatic heterocycles. The normalized spacial score (nSPS) is 16.7. The lowest BCUT2D eigenvalue weighted by Gasteiger charge is -2.17. The number of aryl methyl sites for hydroxylation is 2. The fraction of sp³-hybridized carbons (Fsp3) is 0.381. The van der Waals surface area contributed by atoms with Crippen LogP contribution in [0.2, 0.25) is 0 Å². The van der Waals surface area contributed by atoms with Gasteiger partial charge in [-0.3, -0.25) is 4.79 Å². The fourth-order valence-corrected chi connectivity index (χ4v) is 3.77. The number of para-hydroxylation sites is 1. The maximum absolute atomic E-state index is 14.3. The molecule has 0 bridgehead atoms. The molecule has 0 spiro atoms. The molecule has 6 nitrogen and oxygen atoms in total. The molecule has 28 heavy (non-hydrogen) atoms. The molecule has 1 fully saturated rings. The summed E-state index contributed by atoms with van der Waals surface area (Å²) in [5.41, 5.74) is 2.47. The van der Waals surface area contributed by atoms with Crippen LogP contribution in [0.15, 0.2) is 36.8 Å². The number of benzene rings is 1. The predicted octanol–water partition coefficient (Wildman–Crippen LogP) is 2.89. The number of likely N-dealkylation sites (tertiary alicyclic amines) is 1. The molecule has 2 aromatic heterocycles. The zero-order valence-electron chi connectivity index (χ0n) is 16.1. The number of carbonyl (C=O) groups is 1. The van der Waals surface area contributed by atoms with Crippen LogP contribution in [0.25, 0.3) is 10.9 Å². The summed E-state index contributed by atoms with van der Waals surface area (Å²) in [5.74, 6) is -0.481. The van der Waals surface area contributed by atoms with Gasteiger partial charge in [0.25, 0.3) is 5.88 Å². The quantitative estimate of drug-likeness (QED) is 0.681. The number of hydrogen-bond donors (Lipinski definition) is 0. The van der Waals surface area contributed by atoms with Crippen LogP contribution in [0, 0.1) is 5.82 Å². The van der Waals surface area contributed by atoms with Crippen molar-refractivity contribution < 1.29 is 13.9 Å². The Kier molecular flexibility index (Phi) is 4.98. The van der Waals surface area contributed by atoms with Crippen LogP contribution in [0.3, 0.4) is 0 Å². The minimum atomic E-state index is -0.509. The van der Waals surface area contributed by atoms with Crippen LogP contribution in [0.5, 0.6) is 5.88 Å². The van der Waals surface area contributed by atoms with E-state index in [1.54, 1.807) is 4.90 Å². The third-order valence-corrected chi connectivity index (χ3v) is 5.26. The van der Waals surface area contributed by atoms with Gasteiger partial charge in [0.05, 0.1) is 18.7 Å². The van der Waals surface area contributed by atoms with Gasteiger partial charge in [-0.1, -0.05) is 25.1 Å². The second kappa shape index (κ2) is 7.58. The van der Waals surface area contributed by atoms with Crippen molar-refractivity contribution in [3.63, 3.8) is 0 Å². The van der Waals surface area contributed by atoms with Crippen molar-refractivity contribution in [3.05, 3.63) is 53.9 Å². The van der Waals surface area contributed by atoms with Gasteiger partial charge in [0.2, 0.25) is 11.7 Å². The Balaban J connectivity index is 1.42. The zero-order chi connectivity index (χ0) is 19.7. The highest BCUT2D eigenvalue weighted by Gasteiger charge is 2.29. The third kappa shape index (κ3) is 3.44. The minimum Gasteiger partial charge on any atom is -0.470 e. The first-order valence-corrected chi connectivity index (χ1v) is 9.53. The molecule has 1 saturated heterocycles. The van der Waals surface area contributed by atoms with Gasteiger partial charge >= 0.3 is 0 Å². The van der Waals surface area contributed by atoms with Gasteiger partial charge < -0.3 is 14.2 Å². The maximum atomic E-state index is 14.3. The van der Waals surface area contributed by atoms with Crippen LogP contribution < -0.4 is 4.74 Å². The highest BCUT2D eigenvalue weighted by molar-refractivity contribution is 5.89. The second-order valence-electron chi connectivity index (χ2n) is 7.12. The second-order valence-corrected chi connectivity index (χ2v) is 7.12. The van der Waals surface area contributed by atoms with Gasteiger partial charge in [0, 0.05) is 37.1 Å². The molecule has 1 amide bonds. The first kappa shape index (κ1) is 18.4. The van der Waals surface area contributed by atoms with Gasteiger partial charge in [0.1, 0.15) is 12.4 Å². The molecule has 3 aromatic rings. The van der Waals surface area contributed by atoms with E-state index < -0.39 is 5.82 Å². The summed E-state index contributed by atoms with van der Waals surface area (Å²) < 4.78 is 22.1. The third-order valence-electron chi connectivity index (χ3n) is 5.26. The maximum Gasteiger partial charge on any atom is 0.254 e. The molecule has 1 atom stereocenters. The zero-order valence-corrected chi connectivity index (χ0v) is 16.1. The number of halogens is 1. The predicted molar refractivity (Wildman–Crippen MR) is 104 cm³/mol. The fourth-order valence-electron chi connectivity index (χ4n) is 3.77. The van der Waals surface area contributed by atoms with Gasteiger partial charge in [-0.15, -0.1) is 0 Å². The lowest BCUT2D eigenvalue weighted by molar-refractivity contribution is -0.129. The molecule has 0 aliphatic carbocycles. The Morgan fingerprint density at radius 3 is 2.96 bits per heavy atom. The van der Waals surface area contributed by atoms with Crippen LogP contribution in [0.1, 0.15) is 24.6 Å². The van der Waals surface area contributed by atoms with E-state index in [1.165, 1.54) is 6.33 Å². The number of fused-ring (bicyclic) bond motifs is 1. The summed E-state index contributed by atoms with van der Waals surface area (Å²) in [6.07, 6.45) is 4.54. The first-order chi connectivity index (χ1) is 13.6. The van der Waals surface area contributed by atoms with E-state index in [0.29, 0.717) is 38.0 Å². The number of hydrogen-bond acceptors (Lipinski definition) is 4. The standard InChI is InChI=1S/C21H23FN4O2/c1-3-17-20(22)21(24-13-23-17)28-15-8-9-26(12-15)19(27)10-14-11-25(2)18-7-5-4-6-16(14)18/h4-7,11,13,15H,3,8-10,12H2,1-2H3. The van der Waals surface area contributed by atoms with Crippen LogP contribution >= 0.6 is 0 Å². The average molecular weight is 382 g/mol. The van der Waals surface area contributed by atoms with Gasteiger partial charge in [-0.2, -0.15) is 9.37 Å². The van der Waals surface area contributed by atoms with Gasteiger partial charge in [-0.25, -0.2) is 4.98 Å². The van der Waals surface area contributed by atoms with E-state index in [0.717, 1.165) is 16.5 Å². The van der Waals surface area contributed by atoms with Crippen LogP contribution in [0.4, 0.5) is 4.39 Å². The Bertz CT molecular complexity index is 1020. The number of carbonyl (C=O) groups excluding carboxylic acids is 1. The van der Waals surface area contributed by atoms with E-state index in [-0.39, 0.29) is 17.9 Å². The number of aromatic nitrogens is 3. The molecule has 0 saturated carbocycles. The highest BCUT2D eigenvalue weighted by atomic mass is 19.1. The highest BCUT2D eigenvalue weighted by Crippen LogP contribution is 2.24. The Hall–Kier alpha value is -2.96. The largest absolute Gasteiger partial charge is 0.470 e. The van der Waals surface area contributed by atoms with Gasteiger partial charge in [-0.05, 0) is 18.1 Å². The molecular weight excluding hydrogens is 359 g/mol. The van der Waals surface area contributed by atoms with Crippen molar-refractivity contribution in [1.82, 2.24) is 19.4 Å². The number of nitrogens with zero attached hydrogens (tertiary/aromatic N) is 4. The van der Waals surface area contributed by atoms with E-state index >= 15 is 0 Å². The van der Waals surface area contributed by atoms with Crippen LogP contribution in [-0.4, -0.2) is 44.5 Å². The summed E-state index contributed by atoms with van der Waals surface area (Å²) in [6, 6.07) is 8.06. The molecule has 0 radical (unpaired) electrons. The summed E-state index contributed by atoms with van der Waals surface area (Å²) in [5, 5.41) is 1.10. The van der Waals surface area contributed by atoms with E-state index in [1.807, 2.05) is 49.0 Å². The van der Waals surface area contributed by atoms with Crippen molar-refractivity contribution in [2.75, 3.05) is 13.1 Å². The van der Waals surface area contributed by atoms with Crippen molar-refractivity contribution >= 4 is 16.8 Å². The first-order valence-electron chi connectivity index (χ1n) is 9.53. The number of amides is 1. The van der Waals surface area contributed by atoms with Crippen molar-refractivity contribution in [1.29, 1.82) is 0 Å². The molecule has 7 heteroatoms. The Morgan fingerprint density at radius 1 is 1.32 bits per heavy atom. The summed E-state index contributed by atoms with van der Waals surface area (Å²) in [4.78, 5) is 22.4. The van der Waals surface area contributed by atoms with E-state index in [9.17, 15) is 9.18 Å². The molecule has 146 valence electrons. The van der Waals surface area contributed by atoms with Gasteiger partial charge in [0.15, 0.2) is 0 Å². The molecular formula is C21H23FN4O2. The van der Waals surface area contributed by atoms with Crippen LogP contribution in [-0.2, 0) is 24.7 Å². The summed E-state index contributed by atoms with van der Waals surface area (Å²) >= 11 is 0. The molecule has 1 aliphatic rings. The van der Waals surface area contributed by atoms with Crippen molar-refractivity contribution in [2.24, 2.45) is 7.05 Å². The van der Waals surface area contributed by atoms with E-state index in [2.05, 4.69) is 9.97 Å². The molecule has 0 N–H and O–H groups in total. The molecule has 1 unspecified atom stereocenters. The topological polar surface area (TPSA) is 60.3 Å². The molecule has 3 heterocycles. The number of ether oxygens (including phenoxy) is 1. The smallest absolute Gasteiger partial charge is 0.254 e. The summed E-state index contributed by atoms with van der Waals surface area (Å²) in [6.45, 7) is 2.87.